The SMILES string of the molecule is C.Cc1nc(-c2cc(C(=O)N3CC(c4ccc(C#N)cc4)C3)ccc2C)c(C(F)F)[nH]1.Cc1nc(-c2cc(C(=O)N3CC(c4ccc(C#N)cc4)C3)ccc2C)c(C=O)[nH]1.O=C(O)C(F)(F)F. The average molecular weight is 921 g/mol. The van der Waals surface area contributed by atoms with E-state index >= 15 is 0 Å². The van der Waals surface area contributed by atoms with Crippen molar-refractivity contribution in [3.8, 4) is 34.7 Å². The molecule has 13 nitrogen and oxygen atoms in total. The summed E-state index contributed by atoms with van der Waals surface area (Å²) in [7, 11) is 0. The zero-order valence-electron chi connectivity index (χ0n) is 35.9. The minimum absolute atomic E-state index is 0. The van der Waals surface area contributed by atoms with E-state index < -0.39 is 18.6 Å². The van der Waals surface area contributed by atoms with Crippen molar-refractivity contribution in [3.05, 3.63) is 152 Å². The number of halogens is 5. The molecule has 0 bridgehead atoms. The Morgan fingerprint density at radius 3 is 1.46 bits per heavy atom. The number of hydrogen-bond donors (Lipinski definition) is 3. The number of nitrogens with zero attached hydrogens (tertiary/aromatic N) is 6. The average Bonchev–Trinajstić information content (AvgIpc) is 3.85. The molecule has 4 aromatic carbocycles. The predicted octanol–water partition coefficient (Wildman–Crippen LogP) is 9.63. The van der Waals surface area contributed by atoms with Crippen molar-refractivity contribution in [2.45, 2.75) is 59.6 Å². The molecule has 0 saturated carbocycles. The fraction of sp³-hybridized carbons (Fsp3) is 0.265. The van der Waals surface area contributed by atoms with E-state index in [1.807, 2.05) is 73.3 Å². The molecule has 0 atom stereocenters. The Bertz CT molecular complexity index is 2860. The molecule has 2 fully saturated rings. The van der Waals surface area contributed by atoms with Gasteiger partial charge in [-0.05, 0) is 98.5 Å². The Kier molecular flexibility index (Phi) is 15.6. The molecule has 2 aliphatic heterocycles. The van der Waals surface area contributed by atoms with Crippen LogP contribution in [0, 0.1) is 50.4 Å². The van der Waals surface area contributed by atoms with Gasteiger partial charge in [0.05, 0.1) is 34.7 Å². The molecule has 346 valence electrons. The standard InChI is InChI=1S/C23H20F2N4O.C23H20N4O2.C2HF3O2.CH4/c1-13-3-6-17(9-19(13)20-21(22(24)25)28-14(2)27-20)23(30)29-11-18(12-29)16-7-4-15(10-26)5-8-16;1-14-3-6-18(9-20(14)22-21(13-28)25-15(2)26-22)23(29)27-11-19(12-27)17-7-4-16(10-24)5-8-17;3-2(4,5)1(6)7;/h3-9,18,22H,11-12H2,1-2H3,(H,27,28);3-9,13,19H,11-12H2,1-2H3,(H,25,26);(H,6,7);1H4. The van der Waals surface area contributed by atoms with Gasteiger partial charge in [-0.15, -0.1) is 0 Å². The fourth-order valence-electron chi connectivity index (χ4n) is 7.43. The van der Waals surface area contributed by atoms with Crippen LogP contribution in [-0.2, 0) is 4.79 Å². The Labute approximate surface area is 382 Å². The highest BCUT2D eigenvalue weighted by Crippen LogP contribution is 2.35. The van der Waals surface area contributed by atoms with Crippen molar-refractivity contribution >= 4 is 24.1 Å². The Morgan fingerprint density at radius 2 is 1.09 bits per heavy atom. The van der Waals surface area contributed by atoms with Crippen molar-refractivity contribution in [2.75, 3.05) is 26.2 Å². The van der Waals surface area contributed by atoms with Crippen LogP contribution in [-0.4, -0.2) is 91.3 Å². The highest BCUT2D eigenvalue weighted by molar-refractivity contribution is 5.97. The summed E-state index contributed by atoms with van der Waals surface area (Å²) in [6, 6.07) is 29.8. The fourth-order valence-corrected chi connectivity index (χ4v) is 7.43. The number of carboxylic acid groups (broad SMARTS) is 1. The molecule has 2 amide bonds. The largest absolute Gasteiger partial charge is 0.490 e. The van der Waals surface area contributed by atoms with E-state index in [0.29, 0.717) is 77.0 Å². The highest BCUT2D eigenvalue weighted by Gasteiger charge is 2.38. The van der Waals surface area contributed by atoms with Gasteiger partial charge < -0.3 is 24.9 Å². The number of carbonyl (C=O) groups excluding carboxylic acids is 3. The van der Waals surface area contributed by atoms with Gasteiger partial charge in [0.2, 0.25) is 0 Å². The zero-order chi connectivity index (χ0) is 48.0. The number of amides is 2. The molecular formula is C49H45F5N8O5. The second-order valence-electron chi connectivity index (χ2n) is 15.7. The van der Waals surface area contributed by atoms with Crippen LogP contribution in [0.2, 0.25) is 0 Å². The lowest BCUT2D eigenvalue weighted by Crippen LogP contribution is -2.48. The Balaban J connectivity index is 0.000000217. The van der Waals surface area contributed by atoms with Gasteiger partial charge >= 0.3 is 12.1 Å². The second kappa shape index (κ2) is 20.9. The van der Waals surface area contributed by atoms with Crippen LogP contribution < -0.4 is 0 Å². The number of imidazole rings is 2. The number of alkyl halides is 5. The summed E-state index contributed by atoms with van der Waals surface area (Å²) < 4.78 is 58.5. The number of carbonyl (C=O) groups is 4. The van der Waals surface area contributed by atoms with Crippen LogP contribution >= 0.6 is 0 Å². The molecule has 2 aromatic heterocycles. The van der Waals surface area contributed by atoms with Crippen molar-refractivity contribution in [3.63, 3.8) is 0 Å². The molecule has 0 radical (unpaired) electrons. The first-order chi connectivity index (χ1) is 31.3. The first kappa shape index (κ1) is 50.0. The van der Waals surface area contributed by atoms with Gasteiger partial charge in [0, 0.05) is 60.3 Å². The predicted molar refractivity (Wildman–Crippen MR) is 237 cm³/mol. The summed E-state index contributed by atoms with van der Waals surface area (Å²) in [6.45, 7) is 9.63. The monoisotopic (exact) mass is 920 g/mol. The number of rotatable bonds is 8. The van der Waals surface area contributed by atoms with Crippen LogP contribution in [0.5, 0.6) is 0 Å². The number of nitrogens with one attached hydrogen (secondary N) is 2. The highest BCUT2D eigenvalue weighted by atomic mass is 19.4. The van der Waals surface area contributed by atoms with Crippen molar-refractivity contribution in [1.82, 2.24) is 29.7 Å². The number of H-pyrrole nitrogens is 2. The first-order valence-corrected chi connectivity index (χ1v) is 20.3. The number of nitriles is 2. The number of aliphatic carboxylic acids is 1. The third kappa shape index (κ3) is 11.5. The van der Waals surface area contributed by atoms with E-state index in [9.17, 15) is 36.3 Å². The summed E-state index contributed by atoms with van der Waals surface area (Å²) >= 11 is 0. The molecule has 0 spiro atoms. The Hall–Kier alpha value is -7.99. The molecule has 67 heavy (non-hydrogen) atoms. The lowest BCUT2D eigenvalue weighted by Gasteiger charge is -2.39. The van der Waals surface area contributed by atoms with E-state index in [0.717, 1.165) is 34.1 Å². The lowest BCUT2D eigenvalue weighted by molar-refractivity contribution is -0.192. The van der Waals surface area contributed by atoms with E-state index in [4.69, 9.17) is 20.4 Å². The summed E-state index contributed by atoms with van der Waals surface area (Å²) in [5.41, 5.74) is 8.51. The van der Waals surface area contributed by atoms with Gasteiger partial charge in [0.15, 0.2) is 6.29 Å². The summed E-state index contributed by atoms with van der Waals surface area (Å²) in [6.07, 6.45) is -7.01. The molecule has 6 aromatic rings. The van der Waals surface area contributed by atoms with Crippen molar-refractivity contribution in [1.29, 1.82) is 10.5 Å². The summed E-state index contributed by atoms with van der Waals surface area (Å²) in [5, 5.41) is 24.9. The minimum Gasteiger partial charge on any atom is -0.475 e. The number of aromatic nitrogens is 4. The van der Waals surface area contributed by atoms with E-state index in [1.165, 1.54) is 0 Å². The van der Waals surface area contributed by atoms with Crippen LogP contribution in [0.25, 0.3) is 22.5 Å². The van der Waals surface area contributed by atoms with Gasteiger partial charge in [0.1, 0.15) is 23.0 Å². The minimum atomic E-state index is -5.08. The number of hydrogen-bond acceptors (Lipinski definition) is 8. The zero-order valence-corrected chi connectivity index (χ0v) is 35.9. The van der Waals surface area contributed by atoms with Gasteiger partial charge in [-0.25, -0.2) is 23.5 Å². The smallest absolute Gasteiger partial charge is 0.475 e. The van der Waals surface area contributed by atoms with Crippen LogP contribution in [0.15, 0.2) is 84.9 Å². The van der Waals surface area contributed by atoms with E-state index in [-0.39, 0.29) is 42.5 Å². The maximum absolute atomic E-state index is 13.4. The van der Waals surface area contributed by atoms with Gasteiger partial charge in [-0.2, -0.15) is 23.7 Å². The van der Waals surface area contributed by atoms with E-state index in [1.54, 1.807) is 49.1 Å². The quantitative estimate of drug-likeness (QED) is 0.0982. The van der Waals surface area contributed by atoms with Crippen LogP contribution in [0.3, 0.4) is 0 Å². The molecule has 18 heteroatoms. The van der Waals surface area contributed by atoms with Crippen LogP contribution in [0.4, 0.5) is 22.0 Å². The normalized spacial score (nSPS) is 13.3. The number of aldehydes is 1. The van der Waals surface area contributed by atoms with Gasteiger partial charge in [-0.1, -0.05) is 43.8 Å². The lowest BCUT2D eigenvalue weighted by atomic mass is 9.90. The summed E-state index contributed by atoms with van der Waals surface area (Å²) in [4.78, 5) is 63.9. The third-order valence-corrected chi connectivity index (χ3v) is 11.1. The topological polar surface area (TPSA) is 200 Å². The molecular weight excluding hydrogens is 876 g/mol. The van der Waals surface area contributed by atoms with Gasteiger partial charge in [0.25, 0.3) is 18.2 Å². The van der Waals surface area contributed by atoms with Gasteiger partial charge in [-0.3, -0.25) is 14.4 Å². The molecule has 2 saturated heterocycles. The number of benzene rings is 4. The molecule has 4 heterocycles. The maximum atomic E-state index is 13.4. The molecule has 3 N–H and O–H groups in total. The van der Waals surface area contributed by atoms with Crippen molar-refractivity contribution in [2.24, 2.45) is 0 Å². The first-order valence-electron chi connectivity index (χ1n) is 20.3. The molecule has 0 unspecified atom stereocenters. The van der Waals surface area contributed by atoms with Crippen molar-refractivity contribution < 1.29 is 46.2 Å². The number of aromatic amines is 2. The molecule has 8 rings (SSSR count). The Morgan fingerprint density at radius 1 is 0.701 bits per heavy atom. The van der Waals surface area contributed by atoms with E-state index in [2.05, 4.69) is 32.1 Å². The second-order valence-corrected chi connectivity index (χ2v) is 15.7. The molecule has 0 aliphatic carbocycles. The third-order valence-electron chi connectivity index (χ3n) is 11.1. The molecule has 2 aliphatic rings. The number of carboxylic acids is 1. The number of likely N-dealkylation sites (tertiary alicyclic amines) is 2. The number of aryl methyl sites for hydroxylation is 4. The summed E-state index contributed by atoms with van der Waals surface area (Å²) in [5.74, 6) is -1.34. The maximum Gasteiger partial charge on any atom is 0.490 e. The van der Waals surface area contributed by atoms with Crippen LogP contribution in [0.1, 0.15) is 108 Å².